The zero-order valence-corrected chi connectivity index (χ0v) is 12.4. The van der Waals surface area contributed by atoms with Crippen molar-refractivity contribution in [3.8, 4) is 5.75 Å². The summed E-state index contributed by atoms with van der Waals surface area (Å²) in [5, 5.41) is 3.95. The molecule has 2 rings (SSSR count). The van der Waals surface area contributed by atoms with Crippen LogP contribution >= 0.6 is 15.9 Å². The molecule has 1 aromatic carbocycles. The van der Waals surface area contributed by atoms with Gasteiger partial charge in [-0.1, -0.05) is 11.6 Å². The highest BCUT2D eigenvalue weighted by Crippen LogP contribution is 2.25. The highest BCUT2D eigenvalue weighted by molar-refractivity contribution is 9.10. The molecule has 19 heavy (non-hydrogen) atoms. The normalized spacial score (nSPS) is 14.9. The molecule has 0 radical (unpaired) electrons. The smallest absolute Gasteiger partial charge is 0.365 e. The van der Waals surface area contributed by atoms with E-state index in [4.69, 9.17) is 9.57 Å². The Morgan fingerprint density at radius 3 is 2.63 bits per heavy atom. The molecule has 0 saturated heterocycles. The number of hydrogen-bond acceptors (Lipinski definition) is 4. The molecule has 0 aromatic heterocycles. The summed E-state index contributed by atoms with van der Waals surface area (Å²) in [5.74, 6) is 0.233. The van der Waals surface area contributed by atoms with Gasteiger partial charge in [-0.05, 0) is 59.8 Å². The van der Waals surface area contributed by atoms with Crippen molar-refractivity contribution in [3.63, 3.8) is 0 Å². The van der Waals surface area contributed by atoms with Gasteiger partial charge in [0, 0.05) is 0 Å². The maximum atomic E-state index is 11.8. The molecule has 1 fully saturated rings. The van der Waals surface area contributed by atoms with Gasteiger partial charge in [-0.3, -0.25) is 0 Å². The van der Waals surface area contributed by atoms with Crippen molar-refractivity contribution in [1.29, 1.82) is 0 Å². The van der Waals surface area contributed by atoms with Crippen molar-refractivity contribution < 1.29 is 14.4 Å². The maximum Gasteiger partial charge on any atom is 0.365 e. The van der Waals surface area contributed by atoms with Crippen LogP contribution in [0.2, 0.25) is 0 Å². The molecule has 0 heterocycles. The van der Waals surface area contributed by atoms with Gasteiger partial charge in [0.05, 0.1) is 22.9 Å². The number of hydrogen-bond donors (Lipinski definition) is 0. The summed E-state index contributed by atoms with van der Waals surface area (Å²) in [7, 11) is 1.58. The van der Waals surface area contributed by atoms with Crippen molar-refractivity contribution in [2.75, 3.05) is 7.11 Å². The van der Waals surface area contributed by atoms with Gasteiger partial charge in [-0.25, -0.2) is 4.79 Å². The largest absolute Gasteiger partial charge is 0.496 e. The van der Waals surface area contributed by atoms with Crippen LogP contribution in [0.1, 0.15) is 42.5 Å². The number of halogens is 1. The fraction of sp³-hybridized carbons (Fsp3) is 0.429. The molecule has 0 bridgehead atoms. The Bertz CT molecular complexity index is 491. The first kappa shape index (κ1) is 14.1. The second-order valence-electron chi connectivity index (χ2n) is 4.45. The van der Waals surface area contributed by atoms with E-state index in [-0.39, 0.29) is 0 Å². The first-order chi connectivity index (χ1) is 9.20. The standard InChI is InChI=1S/C14H16BrNO3/c1-18-13-8-7-10(9-12(13)15)14(17)19-16-11-5-3-2-4-6-11/h7-9H,2-6H2,1H3. The molecule has 0 N–H and O–H groups in total. The average Bonchev–Trinajstić information content (AvgIpc) is 2.45. The number of methoxy groups -OCH3 is 1. The van der Waals surface area contributed by atoms with Gasteiger partial charge in [0.1, 0.15) is 5.75 Å². The molecule has 5 heteroatoms. The van der Waals surface area contributed by atoms with Gasteiger partial charge in [0.2, 0.25) is 0 Å². The van der Waals surface area contributed by atoms with E-state index in [2.05, 4.69) is 21.1 Å². The van der Waals surface area contributed by atoms with Crippen LogP contribution in [0.15, 0.2) is 27.8 Å². The first-order valence-electron chi connectivity index (χ1n) is 6.31. The van der Waals surface area contributed by atoms with Gasteiger partial charge < -0.3 is 9.57 Å². The summed E-state index contributed by atoms with van der Waals surface area (Å²) in [6, 6.07) is 5.05. The number of carbonyl (C=O) groups is 1. The summed E-state index contributed by atoms with van der Waals surface area (Å²) >= 11 is 3.33. The molecule has 1 aliphatic carbocycles. The van der Waals surface area contributed by atoms with Crippen LogP contribution in [0.25, 0.3) is 0 Å². The van der Waals surface area contributed by atoms with Crippen LogP contribution in [0.4, 0.5) is 0 Å². The molecule has 0 amide bonds. The van der Waals surface area contributed by atoms with Crippen molar-refractivity contribution in [2.45, 2.75) is 32.1 Å². The number of carbonyl (C=O) groups excluding carboxylic acids is 1. The van der Waals surface area contributed by atoms with Crippen LogP contribution in [0.5, 0.6) is 5.75 Å². The zero-order chi connectivity index (χ0) is 13.7. The number of rotatable bonds is 3. The lowest BCUT2D eigenvalue weighted by molar-refractivity contribution is 0.0513. The lowest BCUT2D eigenvalue weighted by Gasteiger charge is -2.11. The van der Waals surface area contributed by atoms with Crippen LogP contribution in [0, 0.1) is 0 Å². The van der Waals surface area contributed by atoms with Crippen molar-refractivity contribution in [2.24, 2.45) is 5.16 Å². The third kappa shape index (κ3) is 3.80. The van der Waals surface area contributed by atoms with E-state index in [0.29, 0.717) is 11.3 Å². The molecule has 102 valence electrons. The molecule has 1 saturated carbocycles. The number of oxime groups is 1. The van der Waals surface area contributed by atoms with Gasteiger partial charge >= 0.3 is 5.97 Å². The van der Waals surface area contributed by atoms with E-state index >= 15 is 0 Å². The molecule has 1 aromatic rings. The van der Waals surface area contributed by atoms with Crippen molar-refractivity contribution in [1.82, 2.24) is 0 Å². The van der Waals surface area contributed by atoms with Crippen LogP contribution in [-0.4, -0.2) is 18.8 Å². The minimum atomic E-state index is -0.443. The molecular weight excluding hydrogens is 310 g/mol. The molecule has 4 nitrogen and oxygen atoms in total. The van der Waals surface area contributed by atoms with Crippen LogP contribution < -0.4 is 4.74 Å². The first-order valence-corrected chi connectivity index (χ1v) is 7.10. The summed E-state index contributed by atoms with van der Waals surface area (Å²) in [6.07, 6.45) is 5.35. The summed E-state index contributed by atoms with van der Waals surface area (Å²) < 4.78 is 5.83. The van der Waals surface area contributed by atoms with Crippen LogP contribution in [-0.2, 0) is 4.84 Å². The molecule has 0 atom stereocenters. The highest BCUT2D eigenvalue weighted by Gasteiger charge is 2.12. The minimum Gasteiger partial charge on any atom is -0.496 e. The van der Waals surface area contributed by atoms with E-state index in [1.165, 1.54) is 6.42 Å². The van der Waals surface area contributed by atoms with E-state index in [1.54, 1.807) is 25.3 Å². The predicted octanol–water partition coefficient (Wildman–Crippen LogP) is 3.93. The highest BCUT2D eigenvalue weighted by atomic mass is 79.9. The molecule has 0 unspecified atom stereocenters. The summed E-state index contributed by atoms with van der Waals surface area (Å²) in [6.45, 7) is 0. The number of ether oxygens (including phenoxy) is 1. The predicted molar refractivity (Wildman–Crippen MR) is 76.6 cm³/mol. The SMILES string of the molecule is COc1ccc(C(=O)ON=C2CCCCC2)cc1Br. The fourth-order valence-corrected chi connectivity index (χ4v) is 2.54. The molecule has 0 aliphatic heterocycles. The third-order valence-electron chi connectivity index (χ3n) is 3.08. The van der Waals surface area contributed by atoms with Crippen molar-refractivity contribution in [3.05, 3.63) is 28.2 Å². The molecular formula is C14H16BrNO3. The fourth-order valence-electron chi connectivity index (χ4n) is 2.00. The molecule has 0 spiro atoms. The minimum absolute atomic E-state index is 0.443. The second kappa shape index (κ2) is 6.70. The lowest BCUT2D eigenvalue weighted by Crippen LogP contribution is -2.08. The number of nitrogens with zero attached hydrogens (tertiary/aromatic N) is 1. The van der Waals surface area contributed by atoms with Gasteiger partial charge in [0.25, 0.3) is 0 Å². The Labute approximate surface area is 120 Å². The van der Waals surface area contributed by atoms with Gasteiger partial charge in [-0.2, -0.15) is 0 Å². The Kier molecular flexibility index (Phi) is 4.96. The van der Waals surface area contributed by atoms with Crippen LogP contribution in [0.3, 0.4) is 0 Å². The maximum absolute atomic E-state index is 11.8. The second-order valence-corrected chi connectivity index (χ2v) is 5.30. The topological polar surface area (TPSA) is 47.9 Å². The van der Waals surface area contributed by atoms with E-state index in [0.717, 1.165) is 35.9 Å². The monoisotopic (exact) mass is 325 g/mol. The third-order valence-corrected chi connectivity index (χ3v) is 3.70. The van der Waals surface area contributed by atoms with E-state index in [9.17, 15) is 4.79 Å². The summed E-state index contributed by atoms with van der Waals surface area (Å²) in [5.41, 5.74) is 1.43. The van der Waals surface area contributed by atoms with Gasteiger partial charge in [-0.15, -0.1) is 0 Å². The number of benzene rings is 1. The molecule has 1 aliphatic rings. The van der Waals surface area contributed by atoms with Crippen molar-refractivity contribution >= 4 is 27.6 Å². The Balaban J connectivity index is 2.01. The Morgan fingerprint density at radius 2 is 2.00 bits per heavy atom. The quantitative estimate of drug-likeness (QED) is 0.624. The zero-order valence-electron chi connectivity index (χ0n) is 10.8. The Hall–Kier alpha value is -1.36. The lowest BCUT2D eigenvalue weighted by atomic mass is 9.99. The Morgan fingerprint density at radius 1 is 1.26 bits per heavy atom. The average molecular weight is 326 g/mol. The van der Waals surface area contributed by atoms with E-state index in [1.807, 2.05) is 0 Å². The van der Waals surface area contributed by atoms with Gasteiger partial charge in [0.15, 0.2) is 0 Å². The van der Waals surface area contributed by atoms with E-state index < -0.39 is 5.97 Å². The summed E-state index contributed by atoms with van der Waals surface area (Å²) in [4.78, 5) is 16.8.